The van der Waals surface area contributed by atoms with Crippen molar-refractivity contribution in [1.82, 2.24) is 24.8 Å². The fourth-order valence-corrected chi connectivity index (χ4v) is 3.90. The number of rotatable bonds is 3. The van der Waals surface area contributed by atoms with Gasteiger partial charge in [-0.05, 0) is 36.0 Å². The fourth-order valence-electron chi connectivity index (χ4n) is 3.90. The Morgan fingerprint density at radius 3 is 2.67 bits per heavy atom. The predicted molar refractivity (Wildman–Crippen MR) is 89.0 cm³/mol. The van der Waals surface area contributed by atoms with Crippen LogP contribution in [-0.4, -0.2) is 56.8 Å². The molecule has 2 aliphatic rings. The monoisotopic (exact) mass is 323 g/mol. The van der Waals surface area contributed by atoms with E-state index in [4.69, 9.17) is 0 Å². The largest absolute Gasteiger partial charge is 0.337 e. The summed E-state index contributed by atoms with van der Waals surface area (Å²) < 4.78 is 0. The summed E-state index contributed by atoms with van der Waals surface area (Å²) in [5, 5.41) is 0. The minimum Gasteiger partial charge on any atom is -0.337 e. The summed E-state index contributed by atoms with van der Waals surface area (Å²) in [6, 6.07) is 4.15. The van der Waals surface area contributed by atoms with Crippen molar-refractivity contribution < 1.29 is 4.79 Å². The fraction of sp³-hybridized carbons (Fsp3) is 0.444. The van der Waals surface area contributed by atoms with Crippen LogP contribution in [0.4, 0.5) is 0 Å². The molecular formula is C18H21N5O. The first-order valence-corrected chi connectivity index (χ1v) is 8.46. The van der Waals surface area contributed by atoms with Gasteiger partial charge in [-0.2, -0.15) is 0 Å². The van der Waals surface area contributed by atoms with E-state index >= 15 is 0 Å². The SMILES string of the molecule is O=C(c1cnccn1)N1CC[C@@H]2CN(Cc3ccncc3)C[C@@H]2C1. The number of likely N-dealkylation sites (tertiary alicyclic amines) is 2. The van der Waals surface area contributed by atoms with Crippen LogP contribution in [0.15, 0.2) is 43.1 Å². The molecule has 6 nitrogen and oxygen atoms in total. The number of carbonyl (C=O) groups is 1. The Kier molecular flexibility index (Phi) is 4.21. The van der Waals surface area contributed by atoms with E-state index in [1.54, 1.807) is 18.6 Å². The molecule has 2 fully saturated rings. The van der Waals surface area contributed by atoms with Gasteiger partial charge in [-0.1, -0.05) is 0 Å². The molecule has 4 heterocycles. The standard InChI is InChI=1S/C18H21N5O/c24-18(17-9-20-6-7-21-17)23-8-3-15-11-22(12-16(15)13-23)10-14-1-4-19-5-2-14/h1-2,4-7,9,15-16H,3,8,10-13H2/t15-,16-/m1/s1. The van der Waals surface area contributed by atoms with Crippen LogP contribution in [0, 0.1) is 11.8 Å². The van der Waals surface area contributed by atoms with Crippen LogP contribution >= 0.6 is 0 Å². The Morgan fingerprint density at radius 2 is 1.88 bits per heavy atom. The number of hydrogen-bond donors (Lipinski definition) is 0. The first kappa shape index (κ1) is 15.2. The molecule has 0 unspecified atom stereocenters. The first-order valence-electron chi connectivity index (χ1n) is 8.46. The van der Waals surface area contributed by atoms with Gasteiger partial charge in [0.15, 0.2) is 0 Å². The van der Waals surface area contributed by atoms with Crippen molar-refractivity contribution in [3.05, 3.63) is 54.4 Å². The third kappa shape index (κ3) is 3.14. The number of amides is 1. The van der Waals surface area contributed by atoms with Crippen LogP contribution in [0.25, 0.3) is 0 Å². The van der Waals surface area contributed by atoms with Gasteiger partial charge in [0, 0.05) is 57.5 Å². The van der Waals surface area contributed by atoms with Gasteiger partial charge in [-0.15, -0.1) is 0 Å². The molecule has 0 spiro atoms. The average Bonchev–Trinajstić information content (AvgIpc) is 3.04. The van der Waals surface area contributed by atoms with Crippen LogP contribution in [0.3, 0.4) is 0 Å². The molecule has 2 aliphatic heterocycles. The molecular weight excluding hydrogens is 302 g/mol. The van der Waals surface area contributed by atoms with Gasteiger partial charge >= 0.3 is 0 Å². The zero-order chi connectivity index (χ0) is 16.4. The van der Waals surface area contributed by atoms with Crippen molar-refractivity contribution in [2.75, 3.05) is 26.2 Å². The molecule has 2 saturated heterocycles. The lowest BCUT2D eigenvalue weighted by Gasteiger charge is -2.34. The van der Waals surface area contributed by atoms with Crippen molar-refractivity contribution in [3.8, 4) is 0 Å². The molecule has 2 atom stereocenters. The second kappa shape index (κ2) is 6.65. The quantitative estimate of drug-likeness (QED) is 0.856. The summed E-state index contributed by atoms with van der Waals surface area (Å²) in [4.78, 5) is 29.2. The maximum atomic E-state index is 12.6. The molecule has 0 aliphatic carbocycles. The lowest BCUT2D eigenvalue weighted by molar-refractivity contribution is 0.0635. The van der Waals surface area contributed by atoms with E-state index in [-0.39, 0.29) is 5.91 Å². The van der Waals surface area contributed by atoms with Crippen LogP contribution in [0.5, 0.6) is 0 Å². The van der Waals surface area contributed by atoms with E-state index in [1.165, 1.54) is 5.56 Å². The summed E-state index contributed by atoms with van der Waals surface area (Å²) in [5.74, 6) is 1.26. The predicted octanol–water partition coefficient (Wildman–Crippen LogP) is 1.47. The van der Waals surface area contributed by atoms with Crippen molar-refractivity contribution in [1.29, 1.82) is 0 Å². The second-order valence-electron chi connectivity index (χ2n) is 6.70. The van der Waals surface area contributed by atoms with Crippen molar-refractivity contribution in [2.24, 2.45) is 11.8 Å². The highest BCUT2D eigenvalue weighted by Crippen LogP contribution is 2.32. The minimum absolute atomic E-state index is 0.00846. The number of hydrogen-bond acceptors (Lipinski definition) is 5. The Balaban J connectivity index is 1.38. The molecule has 0 aromatic carbocycles. The Labute approximate surface area is 141 Å². The molecule has 0 saturated carbocycles. The van der Waals surface area contributed by atoms with Gasteiger partial charge in [0.1, 0.15) is 5.69 Å². The number of carbonyl (C=O) groups excluding carboxylic acids is 1. The van der Waals surface area contributed by atoms with Gasteiger partial charge in [-0.3, -0.25) is 19.7 Å². The zero-order valence-corrected chi connectivity index (χ0v) is 13.6. The number of aromatic nitrogens is 3. The van der Waals surface area contributed by atoms with E-state index in [0.29, 0.717) is 17.5 Å². The molecule has 2 aromatic heterocycles. The Morgan fingerprint density at radius 1 is 1.04 bits per heavy atom. The van der Waals surface area contributed by atoms with E-state index in [0.717, 1.165) is 39.1 Å². The molecule has 0 N–H and O–H groups in total. The molecule has 6 heteroatoms. The number of fused-ring (bicyclic) bond motifs is 1. The molecule has 4 rings (SSSR count). The van der Waals surface area contributed by atoms with Crippen molar-refractivity contribution in [2.45, 2.75) is 13.0 Å². The molecule has 124 valence electrons. The number of nitrogens with zero attached hydrogens (tertiary/aromatic N) is 5. The summed E-state index contributed by atoms with van der Waals surface area (Å²) in [5.41, 5.74) is 1.75. The number of pyridine rings is 1. The van der Waals surface area contributed by atoms with Gasteiger partial charge < -0.3 is 4.90 Å². The lowest BCUT2D eigenvalue weighted by atomic mass is 9.88. The maximum absolute atomic E-state index is 12.6. The second-order valence-corrected chi connectivity index (χ2v) is 6.70. The summed E-state index contributed by atoms with van der Waals surface area (Å²) in [6.07, 6.45) is 9.49. The maximum Gasteiger partial charge on any atom is 0.274 e. The van der Waals surface area contributed by atoms with E-state index in [1.807, 2.05) is 17.3 Å². The summed E-state index contributed by atoms with van der Waals surface area (Å²) in [7, 11) is 0. The summed E-state index contributed by atoms with van der Waals surface area (Å²) in [6.45, 7) is 4.79. The third-order valence-corrected chi connectivity index (χ3v) is 5.10. The minimum atomic E-state index is 0.00846. The highest BCUT2D eigenvalue weighted by atomic mass is 16.2. The van der Waals surface area contributed by atoms with Gasteiger partial charge in [0.25, 0.3) is 5.91 Å². The smallest absolute Gasteiger partial charge is 0.274 e. The van der Waals surface area contributed by atoms with E-state index in [9.17, 15) is 4.79 Å². The zero-order valence-electron chi connectivity index (χ0n) is 13.6. The first-order chi connectivity index (χ1) is 11.8. The van der Waals surface area contributed by atoms with Crippen LogP contribution in [0.1, 0.15) is 22.5 Å². The van der Waals surface area contributed by atoms with Crippen LogP contribution < -0.4 is 0 Å². The number of piperidine rings is 1. The third-order valence-electron chi connectivity index (χ3n) is 5.10. The van der Waals surface area contributed by atoms with Gasteiger partial charge in [0.2, 0.25) is 0 Å². The lowest BCUT2D eigenvalue weighted by Crippen LogP contribution is -2.43. The normalized spacial score (nSPS) is 23.9. The van der Waals surface area contributed by atoms with Crippen molar-refractivity contribution >= 4 is 5.91 Å². The highest BCUT2D eigenvalue weighted by molar-refractivity contribution is 5.92. The molecule has 0 bridgehead atoms. The molecule has 1 amide bonds. The highest BCUT2D eigenvalue weighted by Gasteiger charge is 2.38. The van der Waals surface area contributed by atoms with Crippen LogP contribution in [0.2, 0.25) is 0 Å². The van der Waals surface area contributed by atoms with Crippen LogP contribution in [-0.2, 0) is 6.54 Å². The van der Waals surface area contributed by atoms with E-state index < -0.39 is 0 Å². The molecule has 2 aromatic rings. The van der Waals surface area contributed by atoms with E-state index in [2.05, 4.69) is 32.0 Å². The van der Waals surface area contributed by atoms with Crippen molar-refractivity contribution in [3.63, 3.8) is 0 Å². The topological polar surface area (TPSA) is 62.2 Å². The Hall–Kier alpha value is -2.34. The Bertz CT molecular complexity index is 693. The van der Waals surface area contributed by atoms with Gasteiger partial charge in [0.05, 0.1) is 6.20 Å². The summed E-state index contributed by atoms with van der Waals surface area (Å²) >= 11 is 0. The van der Waals surface area contributed by atoms with Gasteiger partial charge in [-0.25, -0.2) is 4.98 Å². The molecule has 24 heavy (non-hydrogen) atoms. The molecule has 0 radical (unpaired) electrons. The average molecular weight is 323 g/mol.